The Kier molecular flexibility index (Phi) is 1.83. The lowest BCUT2D eigenvalue weighted by molar-refractivity contribution is -0.148. The number of aliphatic hydroxyl groups is 1. The number of rotatable bonds is 2. The Hall–Kier alpha value is -0.570. The molecule has 2 fully saturated rings. The average Bonchev–Trinajstić information content (AvgIpc) is 2.76. The van der Waals surface area contributed by atoms with Gasteiger partial charge in [0.1, 0.15) is 0 Å². The quantitative estimate of drug-likeness (QED) is 0.646. The molecule has 2 aliphatic rings. The summed E-state index contributed by atoms with van der Waals surface area (Å²) in [6, 6.07) is 0. The maximum Gasteiger partial charge on any atom is 0.332 e. The zero-order chi connectivity index (χ0) is 8.72. The van der Waals surface area contributed by atoms with E-state index in [1.807, 2.05) is 0 Å². The first-order chi connectivity index (χ1) is 5.72. The fourth-order valence-corrected chi connectivity index (χ4v) is 2.68. The molecular weight excluding hydrogens is 156 g/mol. The lowest BCUT2D eigenvalue weighted by atomic mass is 10.0. The van der Waals surface area contributed by atoms with Crippen molar-refractivity contribution in [2.75, 3.05) is 0 Å². The average molecular weight is 170 g/mol. The minimum Gasteiger partial charge on any atom is -0.479 e. The van der Waals surface area contributed by atoms with E-state index in [0.29, 0.717) is 11.8 Å². The lowest BCUT2D eigenvalue weighted by Gasteiger charge is -2.04. The zero-order valence-electron chi connectivity index (χ0n) is 6.94. The predicted octanol–water partition coefficient (Wildman–Crippen LogP) is 0.868. The van der Waals surface area contributed by atoms with E-state index in [9.17, 15) is 9.90 Å². The third-order valence-corrected chi connectivity index (χ3v) is 3.34. The van der Waals surface area contributed by atoms with Gasteiger partial charge in [0.2, 0.25) is 0 Å². The van der Waals surface area contributed by atoms with Crippen LogP contribution in [0.2, 0.25) is 0 Å². The number of aliphatic carboxylic acids is 1. The highest BCUT2D eigenvalue weighted by Gasteiger charge is 2.55. The molecule has 12 heavy (non-hydrogen) atoms. The second kappa shape index (κ2) is 2.73. The number of carboxylic acid groups (broad SMARTS) is 1. The summed E-state index contributed by atoms with van der Waals surface area (Å²) in [6.07, 6.45) is 3.57. The molecule has 2 saturated carbocycles. The molecule has 0 saturated heterocycles. The van der Waals surface area contributed by atoms with E-state index in [1.165, 1.54) is 12.8 Å². The van der Waals surface area contributed by atoms with Gasteiger partial charge in [0.25, 0.3) is 0 Å². The number of aliphatic hydroxyl groups excluding tert-OH is 1. The molecule has 0 bridgehead atoms. The number of hydrogen-bond acceptors (Lipinski definition) is 2. The van der Waals surface area contributed by atoms with Gasteiger partial charge >= 0.3 is 5.97 Å². The summed E-state index contributed by atoms with van der Waals surface area (Å²) in [4.78, 5) is 10.5. The van der Waals surface area contributed by atoms with Crippen LogP contribution in [0.5, 0.6) is 0 Å². The Morgan fingerprint density at radius 2 is 1.75 bits per heavy atom. The monoisotopic (exact) mass is 170 g/mol. The van der Waals surface area contributed by atoms with Gasteiger partial charge in [-0.3, -0.25) is 0 Å². The van der Waals surface area contributed by atoms with Crippen molar-refractivity contribution in [2.45, 2.75) is 31.8 Å². The number of hydrogen-bond donors (Lipinski definition) is 2. The minimum absolute atomic E-state index is 0.0741. The van der Waals surface area contributed by atoms with E-state index in [4.69, 9.17) is 5.11 Å². The topological polar surface area (TPSA) is 57.5 Å². The molecule has 2 aliphatic carbocycles. The molecule has 3 nitrogen and oxygen atoms in total. The molecule has 0 amide bonds. The molecule has 3 heteroatoms. The van der Waals surface area contributed by atoms with Crippen molar-refractivity contribution < 1.29 is 15.0 Å². The van der Waals surface area contributed by atoms with E-state index in [-0.39, 0.29) is 5.92 Å². The van der Waals surface area contributed by atoms with Crippen LogP contribution in [-0.2, 0) is 4.79 Å². The van der Waals surface area contributed by atoms with Crippen LogP contribution in [0.1, 0.15) is 25.7 Å². The van der Waals surface area contributed by atoms with Crippen LogP contribution >= 0.6 is 0 Å². The summed E-state index contributed by atoms with van der Waals surface area (Å²) in [6.45, 7) is 0. The van der Waals surface area contributed by atoms with Gasteiger partial charge in [-0.1, -0.05) is 12.8 Å². The standard InChI is InChI=1S/C9H14O3/c10-8(9(11)12)7-5-3-1-2-4-6(5)7/h5-8,10H,1-4H2,(H,11,12)/t5-,6+,7?,8?. The minimum atomic E-state index is -1.10. The van der Waals surface area contributed by atoms with Crippen LogP contribution in [0.15, 0.2) is 0 Å². The first-order valence-electron chi connectivity index (χ1n) is 4.62. The molecule has 0 aromatic heterocycles. The van der Waals surface area contributed by atoms with Crippen molar-refractivity contribution in [3.05, 3.63) is 0 Å². The molecule has 68 valence electrons. The lowest BCUT2D eigenvalue weighted by Crippen LogP contribution is -2.23. The summed E-state index contributed by atoms with van der Waals surface area (Å²) in [7, 11) is 0. The maximum atomic E-state index is 10.5. The largest absolute Gasteiger partial charge is 0.479 e. The van der Waals surface area contributed by atoms with E-state index in [2.05, 4.69) is 0 Å². The number of carbonyl (C=O) groups is 1. The van der Waals surface area contributed by atoms with Crippen molar-refractivity contribution >= 4 is 5.97 Å². The highest BCUT2D eigenvalue weighted by Crippen LogP contribution is 2.56. The fourth-order valence-electron chi connectivity index (χ4n) is 2.68. The Bertz CT molecular complexity index is 190. The zero-order valence-corrected chi connectivity index (χ0v) is 6.94. The summed E-state index contributed by atoms with van der Waals surface area (Å²) >= 11 is 0. The molecule has 4 atom stereocenters. The summed E-state index contributed by atoms with van der Waals surface area (Å²) in [5.74, 6) is 0.0640. The number of fused-ring (bicyclic) bond motifs is 1. The van der Waals surface area contributed by atoms with Crippen molar-refractivity contribution in [1.82, 2.24) is 0 Å². The normalized spacial score (nSPS) is 41.6. The van der Waals surface area contributed by atoms with Crippen LogP contribution in [0.4, 0.5) is 0 Å². The summed E-state index contributed by atoms with van der Waals surface area (Å²) in [5, 5.41) is 17.9. The predicted molar refractivity (Wildman–Crippen MR) is 42.6 cm³/mol. The Labute approximate surface area is 71.4 Å². The van der Waals surface area contributed by atoms with Crippen LogP contribution in [-0.4, -0.2) is 22.3 Å². The van der Waals surface area contributed by atoms with Crippen LogP contribution < -0.4 is 0 Å². The van der Waals surface area contributed by atoms with Crippen LogP contribution in [0.3, 0.4) is 0 Å². The van der Waals surface area contributed by atoms with Gasteiger partial charge in [0.15, 0.2) is 6.10 Å². The van der Waals surface area contributed by atoms with Crippen LogP contribution in [0, 0.1) is 17.8 Å². The van der Waals surface area contributed by atoms with Crippen molar-refractivity contribution in [3.8, 4) is 0 Å². The molecule has 0 spiro atoms. The van der Waals surface area contributed by atoms with Gasteiger partial charge < -0.3 is 10.2 Å². The Balaban J connectivity index is 1.95. The van der Waals surface area contributed by atoms with E-state index >= 15 is 0 Å². The van der Waals surface area contributed by atoms with Gasteiger partial charge in [0, 0.05) is 5.92 Å². The van der Waals surface area contributed by atoms with Crippen molar-refractivity contribution in [3.63, 3.8) is 0 Å². The van der Waals surface area contributed by atoms with E-state index in [1.54, 1.807) is 0 Å². The molecule has 0 aliphatic heterocycles. The van der Waals surface area contributed by atoms with Crippen LogP contribution in [0.25, 0.3) is 0 Å². The molecule has 0 heterocycles. The van der Waals surface area contributed by atoms with Crippen molar-refractivity contribution in [1.29, 1.82) is 0 Å². The van der Waals surface area contributed by atoms with Gasteiger partial charge in [-0.25, -0.2) is 4.79 Å². The Morgan fingerprint density at radius 1 is 1.25 bits per heavy atom. The van der Waals surface area contributed by atoms with Gasteiger partial charge in [0.05, 0.1) is 0 Å². The third kappa shape index (κ3) is 1.12. The maximum absolute atomic E-state index is 10.5. The molecule has 2 rings (SSSR count). The second-order valence-electron chi connectivity index (χ2n) is 3.97. The van der Waals surface area contributed by atoms with E-state index < -0.39 is 12.1 Å². The highest BCUT2D eigenvalue weighted by atomic mass is 16.4. The van der Waals surface area contributed by atoms with Crippen molar-refractivity contribution in [2.24, 2.45) is 17.8 Å². The second-order valence-corrected chi connectivity index (χ2v) is 3.97. The summed E-state index contributed by atoms with van der Waals surface area (Å²) < 4.78 is 0. The fraction of sp³-hybridized carbons (Fsp3) is 0.889. The summed E-state index contributed by atoms with van der Waals surface area (Å²) in [5.41, 5.74) is 0. The third-order valence-electron chi connectivity index (χ3n) is 3.34. The van der Waals surface area contributed by atoms with Gasteiger partial charge in [-0.05, 0) is 24.7 Å². The molecule has 0 radical (unpaired) electrons. The van der Waals surface area contributed by atoms with E-state index in [0.717, 1.165) is 12.8 Å². The highest BCUT2D eigenvalue weighted by molar-refractivity contribution is 5.73. The first kappa shape index (κ1) is 8.05. The van der Waals surface area contributed by atoms with Gasteiger partial charge in [-0.2, -0.15) is 0 Å². The molecule has 2 N–H and O–H groups in total. The number of carboxylic acids is 1. The Morgan fingerprint density at radius 3 is 2.17 bits per heavy atom. The molecule has 2 unspecified atom stereocenters. The SMILES string of the molecule is O=C(O)C(O)C1[C@H]2CCCC[C@@H]12. The molecule has 0 aromatic rings. The molecule has 0 aromatic carbocycles. The smallest absolute Gasteiger partial charge is 0.332 e. The molecular formula is C9H14O3. The van der Waals surface area contributed by atoms with Gasteiger partial charge in [-0.15, -0.1) is 0 Å². The first-order valence-corrected chi connectivity index (χ1v) is 4.62.